The van der Waals surface area contributed by atoms with Gasteiger partial charge in [-0.15, -0.1) is 0 Å². The Hall–Kier alpha value is -2.04. The van der Waals surface area contributed by atoms with Crippen molar-refractivity contribution >= 4 is 17.6 Å². The molecule has 0 radical (unpaired) electrons. The van der Waals surface area contributed by atoms with E-state index in [2.05, 4.69) is 0 Å². The number of amides is 1. The molecule has 8 aliphatic carbocycles. The minimum atomic E-state index is -0.265. The van der Waals surface area contributed by atoms with Crippen molar-refractivity contribution in [3.63, 3.8) is 0 Å². The first-order valence-electron chi connectivity index (χ1n) is 14.2. The summed E-state index contributed by atoms with van der Waals surface area (Å²) < 4.78 is 10.8. The summed E-state index contributed by atoms with van der Waals surface area (Å²) in [6, 6.07) is 7.91. The molecule has 36 heavy (non-hydrogen) atoms. The van der Waals surface area contributed by atoms with Gasteiger partial charge in [-0.05, 0) is 136 Å². The fourth-order valence-electron chi connectivity index (χ4n) is 11.8. The number of hydrogen-bond acceptors (Lipinski definition) is 4. The molecule has 194 valence electrons. The Labute approximate surface area is 215 Å². The Bertz CT molecular complexity index is 1060. The molecule has 4 unspecified atom stereocenters. The number of esters is 1. The first-order valence-corrected chi connectivity index (χ1v) is 14.2. The van der Waals surface area contributed by atoms with Crippen LogP contribution in [0.1, 0.15) is 77.0 Å². The van der Waals surface area contributed by atoms with E-state index in [0.29, 0.717) is 29.6 Å². The Morgan fingerprint density at radius 3 is 1.69 bits per heavy atom. The molecule has 0 heterocycles. The van der Waals surface area contributed by atoms with Gasteiger partial charge in [-0.3, -0.25) is 9.59 Å². The highest BCUT2D eigenvalue weighted by atomic mass is 16.5. The number of benzene rings is 1. The Balaban J connectivity index is 1.24. The maximum absolute atomic E-state index is 14.4. The highest BCUT2D eigenvalue weighted by Gasteiger charge is 2.72. The van der Waals surface area contributed by atoms with Crippen LogP contribution < -0.4 is 9.64 Å². The standard InChI is InChI=1S/C31H41NO4/c1-32(24-4-6-25(35-2)7-5-24)26(33)28-10-20-8-21(11-28)15-30(14-20,18-28)31-16-22-9-23(17-31)13-29(12-22,19-31)27(34)36-3/h4-7,20-23H,8-19H2,1-3H3. The zero-order valence-electron chi connectivity index (χ0n) is 22.2. The zero-order valence-corrected chi connectivity index (χ0v) is 22.2. The summed E-state index contributed by atoms with van der Waals surface area (Å²) in [6.45, 7) is 0. The molecule has 8 aliphatic rings. The Morgan fingerprint density at radius 1 is 0.750 bits per heavy atom. The third-order valence-corrected chi connectivity index (χ3v) is 12.1. The summed E-state index contributed by atoms with van der Waals surface area (Å²) >= 11 is 0. The third kappa shape index (κ3) is 3.01. The van der Waals surface area contributed by atoms with Crippen LogP contribution >= 0.6 is 0 Å². The van der Waals surface area contributed by atoms with E-state index in [1.54, 1.807) is 14.2 Å². The van der Waals surface area contributed by atoms with Gasteiger partial charge in [0, 0.05) is 12.7 Å². The molecule has 5 nitrogen and oxygen atoms in total. The van der Waals surface area contributed by atoms with Crippen LogP contribution in [0.5, 0.6) is 5.75 Å². The third-order valence-electron chi connectivity index (χ3n) is 12.1. The van der Waals surface area contributed by atoms with Gasteiger partial charge >= 0.3 is 5.97 Å². The summed E-state index contributed by atoms with van der Waals surface area (Å²) in [4.78, 5) is 29.5. The molecule has 0 N–H and O–H groups in total. The lowest BCUT2D eigenvalue weighted by molar-refractivity contribution is -0.239. The van der Waals surface area contributed by atoms with Gasteiger partial charge < -0.3 is 14.4 Å². The van der Waals surface area contributed by atoms with Crippen molar-refractivity contribution in [2.24, 2.45) is 45.3 Å². The molecule has 1 aromatic carbocycles. The molecule has 0 aromatic heterocycles. The summed E-state index contributed by atoms with van der Waals surface area (Å²) in [7, 11) is 5.22. The number of methoxy groups -OCH3 is 2. The van der Waals surface area contributed by atoms with E-state index in [-0.39, 0.29) is 27.6 Å². The maximum atomic E-state index is 14.4. The molecular weight excluding hydrogens is 450 g/mol. The molecule has 0 saturated heterocycles. The molecule has 4 atom stereocenters. The summed E-state index contributed by atoms with van der Waals surface area (Å²) in [5.41, 5.74) is 0.863. The lowest BCUT2D eigenvalue weighted by Gasteiger charge is -2.73. The highest BCUT2D eigenvalue weighted by Crippen LogP contribution is 2.78. The number of nitrogens with zero attached hydrogens (tertiary/aromatic N) is 1. The molecule has 8 saturated carbocycles. The van der Waals surface area contributed by atoms with Crippen molar-refractivity contribution in [2.45, 2.75) is 77.0 Å². The van der Waals surface area contributed by atoms with Gasteiger partial charge in [0.15, 0.2) is 0 Å². The van der Waals surface area contributed by atoms with Crippen LogP contribution in [0.3, 0.4) is 0 Å². The van der Waals surface area contributed by atoms with E-state index in [9.17, 15) is 9.59 Å². The summed E-state index contributed by atoms with van der Waals surface area (Å²) in [6.07, 6.45) is 13.9. The van der Waals surface area contributed by atoms with Gasteiger partial charge in [0.2, 0.25) is 5.91 Å². The molecule has 8 fully saturated rings. The van der Waals surface area contributed by atoms with Crippen LogP contribution in [-0.4, -0.2) is 33.1 Å². The van der Waals surface area contributed by atoms with E-state index in [1.165, 1.54) is 38.5 Å². The topological polar surface area (TPSA) is 55.8 Å². The molecular formula is C31H41NO4. The highest BCUT2D eigenvalue weighted by molar-refractivity contribution is 5.97. The number of carbonyl (C=O) groups is 2. The Kier molecular flexibility index (Phi) is 4.82. The van der Waals surface area contributed by atoms with Gasteiger partial charge in [-0.25, -0.2) is 0 Å². The smallest absolute Gasteiger partial charge is 0.311 e. The first-order chi connectivity index (χ1) is 17.2. The molecule has 5 heteroatoms. The summed E-state index contributed by atoms with van der Waals surface area (Å²) in [5, 5.41) is 0. The van der Waals surface area contributed by atoms with Crippen LogP contribution in [0.15, 0.2) is 24.3 Å². The number of carbonyl (C=O) groups excluding carboxylic acids is 2. The lowest BCUT2D eigenvalue weighted by Crippen LogP contribution is -2.67. The fraction of sp³-hybridized carbons (Fsp3) is 0.742. The monoisotopic (exact) mass is 491 g/mol. The number of hydrogen-bond donors (Lipinski definition) is 0. The number of rotatable bonds is 5. The van der Waals surface area contributed by atoms with Crippen LogP contribution in [0.2, 0.25) is 0 Å². The van der Waals surface area contributed by atoms with Gasteiger partial charge in [-0.1, -0.05) is 0 Å². The van der Waals surface area contributed by atoms with Crippen LogP contribution in [-0.2, 0) is 14.3 Å². The molecule has 8 bridgehead atoms. The van der Waals surface area contributed by atoms with Crippen molar-refractivity contribution in [3.8, 4) is 5.75 Å². The van der Waals surface area contributed by atoms with Gasteiger partial charge in [0.05, 0.1) is 25.0 Å². The van der Waals surface area contributed by atoms with Crippen molar-refractivity contribution in [1.29, 1.82) is 0 Å². The fourth-order valence-corrected chi connectivity index (χ4v) is 11.8. The normalized spacial score (nSPS) is 45.5. The lowest BCUT2D eigenvalue weighted by atomic mass is 9.31. The molecule has 1 amide bonds. The van der Waals surface area contributed by atoms with Crippen LogP contribution in [0, 0.1) is 45.3 Å². The second-order valence-electron chi connectivity index (χ2n) is 14.1. The maximum Gasteiger partial charge on any atom is 0.311 e. The van der Waals surface area contributed by atoms with E-state index in [0.717, 1.165) is 50.0 Å². The minimum Gasteiger partial charge on any atom is -0.497 e. The van der Waals surface area contributed by atoms with Crippen LogP contribution in [0.25, 0.3) is 0 Å². The predicted octanol–water partition coefficient (Wildman–Crippen LogP) is 6.00. The molecule has 1 aromatic rings. The Morgan fingerprint density at radius 2 is 1.22 bits per heavy atom. The second kappa shape index (κ2) is 7.51. The van der Waals surface area contributed by atoms with Crippen molar-refractivity contribution in [1.82, 2.24) is 0 Å². The SMILES string of the molecule is COC(=O)C12CC3CC(C1)CC(C14CC5CC(CC(C(=O)N(C)c6ccc(OC)cc6)(C5)C1)C4)(C3)C2. The second-order valence-corrected chi connectivity index (χ2v) is 14.1. The minimum absolute atomic E-state index is 0.0516. The predicted molar refractivity (Wildman–Crippen MR) is 138 cm³/mol. The first kappa shape index (κ1) is 23.1. The van der Waals surface area contributed by atoms with Crippen LogP contribution in [0.4, 0.5) is 5.69 Å². The largest absolute Gasteiger partial charge is 0.497 e. The van der Waals surface area contributed by atoms with Crippen molar-refractivity contribution in [2.75, 3.05) is 26.2 Å². The van der Waals surface area contributed by atoms with E-state index in [4.69, 9.17) is 9.47 Å². The van der Waals surface area contributed by atoms with Gasteiger partial charge in [0.1, 0.15) is 5.75 Å². The van der Waals surface area contributed by atoms with Gasteiger partial charge in [0.25, 0.3) is 0 Å². The van der Waals surface area contributed by atoms with E-state index < -0.39 is 0 Å². The molecule has 0 spiro atoms. The number of ether oxygens (including phenoxy) is 2. The van der Waals surface area contributed by atoms with Crippen molar-refractivity contribution in [3.05, 3.63) is 24.3 Å². The average Bonchev–Trinajstić information content (AvgIpc) is 2.85. The molecule has 0 aliphatic heterocycles. The van der Waals surface area contributed by atoms with Crippen molar-refractivity contribution < 1.29 is 19.1 Å². The van der Waals surface area contributed by atoms with E-state index in [1.807, 2.05) is 36.2 Å². The summed E-state index contributed by atoms with van der Waals surface area (Å²) in [5.74, 6) is 3.81. The molecule has 9 rings (SSSR count). The zero-order chi connectivity index (χ0) is 24.9. The quantitative estimate of drug-likeness (QED) is 0.474. The number of anilines is 1. The van der Waals surface area contributed by atoms with E-state index >= 15 is 0 Å². The van der Waals surface area contributed by atoms with Gasteiger partial charge in [-0.2, -0.15) is 0 Å². The average molecular weight is 492 g/mol.